The van der Waals surface area contributed by atoms with Gasteiger partial charge in [-0.2, -0.15) is 0 Å². The molecule has 0 bridgehead atoms. The van der Waals surface area contributed by atoms with Gasteiger partial charge in [-0.1, -0.05) is 17.7 Å². The summed E-state index contributed by atoms with van der Waals surface area (Å²) < 4.78 is 0. The molecule has 1 rings (SSSR count). The second-order valence-corrected chi connectivity index (χ2v) is 4.27. The lowest BCUT2D eigenvalue weighted by molar-refractivity contribution is -0.108. The van der Waals surface area contributed by atoms with Crippen molar-refractivity contribution >= 4 is 40.2 Å². The highest BCUT2D eigenvalue weighted by Crippen LogP contribution is 2.24. The van der Waals surface area contributed by atoms with Crippen LogP contribution in [0.3, 0.4) is 0 Å². The molecule has 17 heavy (non-hydrogen) atoms. The van der Waals surface area contributed by atoms with Gasteiger partial charge >= 0.3 is 0 Å². The largest absolute Gasteiger partial charge is 0.288 e. The molecule has 0 heterocycles. The van der Waals surface area contributed by atoms with Crippen molar-refractivity contribution in [1.29, 1.82) is 0 Å². The van der Waals surface area contributed by atoms with Gasteiger partial charge in [-0.25, -0.2) is 4.79 Å². The smallest absolute Gasteiger partial charge is 0.267 e. The summed E-state index contributed by atoms with van der Waals surface area (Å²) in [4.78, 5) is 33.3. The van der Waals surface area contributed by atoms with Gasteiger partial charge in [0.2, 0.25) is 5.78 Å². The molecule has 0 radical (unpaired) electrons. The molecule has 0 spiro atoms. The molecule has 0 saturated heterocycles. The van der Waals surface area contributed by atoms with Gasteiger partial charge in [0.15, 0.2) is 5.57 Å². The van der Waals surface area contributed by atoms with E-state index in [0.717, 1.165) is 5.56 Å². The number of rotatable bonds is 3. The Morgan fingerprint density at radius 3 is 2.24 bits per heavy atom. The Labute approximate surface area is 108 Å². The first kappa shape index (κ1) is 13.7. The molecular weight excluding hydrogens is 263 g/mol. The van der Waals surface area contributed by atoms with E-state index < -0.39 is 16.6 Å². The van der Waals surface area contributed by atoms with Crippen LogP contribution in [0.15, 0.2) is 17.7 Å². The molecule has 0 fully saturated rings. The average molecular weight is 271 g/mol. The van der Waals surface area contributed by atoms with Crippen LogP contribution in [0.1, 0.15) is 21.5 Å². The third-order valence-corrected chi connectivity index (χ3v) is 2.67. The number of carbonyl (C=O) groups is 2. The second-order valence-electron chi connectivity index (χ2n) is 3.52. The van der Waals surface area contributed by atoms with Crippen LogP contribution in [0.4, 0.5) is 0 Å². The quantitative estimate of drug-likeness (QED) is 0.212. The zero-order valence-corrected chi connectivity index (χ0v) is 10.6. The van der Waals surface area contributed by atoms with Gasteiger partial charge in [0.1, 0.15) is 5.94 Å². The monoisotopic (exact) mass is 270 g/mol. The summed E-state index contributed by atoms with van der Waals surface area (Å²) in [6.45, 7) is 3.48. The Morgan fingerprint density at radius 1 is 1.24 bits per heavy atom. The van der Waals surface area contributed by atoms with Crippen molar-refractivity contribution in [3.05, 3.63) is 39.4 Å². The Balaban J connectivity index is 3.41. The normalized spacial score (nSPS) is 9.65. The van der Waals surface area contributed by atoms with Crippen molar-refractivity contribution in [3.63, 3.8) is 0 Å². The summed E-state index contributed by atoms with van der Waals surface area (Å²) in [5, 5.41) is -0.959. The second kappa shape index (κ2) is 5.28. The Bertz CT molecular complexity index is 532. The predicted octanol–water partition coefficient (Wildman–Crippen LogP) is 2.66. The summed E-state index contributed by atoms with van der Waals surface area (Å²) in [6.07, 6.45) is 0. The lowest BCUT2D eigenvalue weighted by Crippen LogP contribution is -2.12. The fourth-order valence-electron chi connectivity index (χ4n) is 1.50. The first-order valence-electron chi connectivity index (χ1n) is 4.65. The SMILES string of the molecule is Cc1cc(C)c(C(=O)C(=C=O)C(=O)Cl)c(Cl)c1. The zero-order chi connectivity index (χ0) is 13.2. The van der Waals surface area contributed by atoms with Crippen LogP contribution in [-0.4, -0.2) is 17.0 Å². The summed E-state index contributed by atoms with van der Waals surface area (Å²) in [5.74, 6) is 0.443. The maximum absolute atomic E-state index is 11.9. The summed E-state index contributed by atoms with van der Waals surface area (Å²) in [5.41, 5.74) is 0.814. The molecule has 0 saturated carbocycles. The molecule has 88 valence electrons. The van der Waals surface area contributed by atoms with Gasteiger partial charge in [-0.05, 0) is 42.6 Å². The zero-order valence-electron chi connectivity index (χ0n) is 9.14. The Hall–Kier alpha value is -1.41. The molecule has 0 N–H and O–H groups in total. The van der Waals surface area contributed by atoms with Crippen molar-refractivity contribution in [2.45, 2.75) is 13.8 Å². The van der Waals surface area contributed by atoms with Crippen molar-refractivity contribution in [3.8, 4) is 0 Å². The van der Waals surface area contributed by atoms with Crippen molar-refractivity contribution in [1.82, 2.24) is 0 Å². The standard InChI is InChI=1S/C12H8Cl2O3/c1-6-3-7(2)10(9(13)4-6)11(16)8(5-15)12(14)17/h3-4H,1-2H3. The molecule has 0 amide bonds. The number of carbonyl (C=O) groups excluding carboxylic acids is 3. The molecule has 0 unspecified atom stereocenters. The van der Waals surface area contributed by atoms with Gasteiger partial charge < -0.3 is 0 Å². The van der Waals surface area contributed by atoms with Crippen molar-refractivity contribution < 1.29 is 14.4 Å². The van der Waals surface area contributed by atoms with E-state index in [4.69, 9.17) is 23.2 Å². The van der Waals surface area contributed by atoms with E-state index >= 15 is 0 Å². The number of hydrogen-bond donors (Lipinski definition) is 0. The first-order chi connectivity index (χ1) is 7.88. The number of aryl methyl sites for hydroxylation is 2. The summed E-state index contributed by atoms with van der Waals surface area (Å²) in [7, 11) is 0. The molecule has 0 aliphatic heterocycles. The number of ketones is 1. The van der Waals surface area contributed by atoms with E-state index in [1.807, 2.05) is 6.92 Å². The van der Waals surface area contributed by atoms with E-state index in [2.05, 4.69) is 0 Å². The minimum Gasteiger partial charge on any atom is -0.288 e. The summed E-state index contributed by atoms with van der Waals surface area (Å²) >= 11 is 11.0. The number of halogens is 2. The Kier molecular flexibility index (Phi) is 4.24. The van der Waals surface area contributed by atoms with Crippen molar-refractivity contribution in [2.24, 2.45) is 0 Å². The third kappa shape index (κ3) is 2.83. The summed E-state index contributed by atoms with van der Waals surface area (Å²) in [6, 6.07) is 3.29. The molecular formula is C12H8Cl2O3. The average Bonchev–Trinajstić information content (AvgIpc) is 2.15. The van der Waals surface area contributed by atoms with E-state index in [0.29, 0.717) is 5.56 Å². The van der Waals surface area contributed by atoms with E-state index in [1.54, 1.807) is 19.1 Å². The lowest BCUT2D eigenvalue weighted by Gasteiger charge is -2.07. The molecule has 3 nitrogen and oxygen atoms in total. The molecule has 1 aromatic rings. The van der Waals surface area contributed by atoms with Crippen LogP contribution in [0, 0.1) is 13.8 Å². The van der Waals surface area contributed by atoms with Gasteiger partial charge in [-0.3, -0.25) is 9.59 Å². The Morgan fingerprint density at radius 2 is 1.82 bits per heavy atom. The van der Waals surface area contributed by atoms with Gasteiger partial charge in [0.25, 0.3) is 5.24 Å². The number of allylic oxidation sites excluding steroid dienone is 1. The predicted molar refractivity (Wildman–Crippen MR) is 65.3 cm³/mol. The number of hydrogen-bond acceptors (Lipinski definition) is 3. The van der Waals surface area contributed by atoms with Crippen LogP contribution in [0.2, 0.25) is 5.02 Å². The van der Waals surface area contributed by atoms with Crippen LogP contribution in [0.25, 0.3) is 0 Å². The highest BCUT2D eigenvalue weighted by atomic mass is 35.5. The minimum absolute atomic E-state index is 0.101. The molecule has 0 aliphatic carbocycles. The van der Waals surface area contributed by atoms with Crippen molar-refractivity contribution in [2.75, 3.05) is 0 Å². The fourth-order valence-corrected chi connectivity index (χ4v) is 2.04. The highest BCUT2D eigenvalue weighted by molar-refractivity contribution is 6.72. The maximum atomic E-state index is 11.9. The number of Topliss-reactive ketones (excluding diaryl/α,β-unsaturated/α-hetero) is 1. The molecule has 0 atom stereocenters. The van der Waals surface area contributed by atoms with E-state index in [-0.39, 0.29) is 10.6 Å². The minimum atomic E-state index is -1.14. The van der Waals surface area contributed by atoms with Crippen LogP contribution >= 0.6 is 23.2 Å². The van der Waals surface area contributed by atoms with Crippen LogP contribution in [-0.2, 0) is 9.59 Å². The third-order valence-electron chi connectivity index (χ3n) is 2.18. The van der Waals surface area contributed by atoms with Crippen LogP contribution in [0.5, 0.6) is 0 Å². The van der Waals surface area contributed by atoms with E-state index in [1.165, 1.54) is 5.94 Å². The highest BCUT2D eigenvalue weighted by Gasteiger charge is 2.23. The molecule has 0 aliphatic rings. The van der Waals surface area contributed by atoms with E-state index in [9.17, 15) is 14.4 Å². The van der Waals surface area contributed by atoms with Gasteiger partial charge in [-0.15, -0.1) is 0 Å². The first-order valence-corrected chi connectivity index (χ1v) is 5.40. The van der Waals surface area contributed by atoms with Crippen LogP contribution < -0.4 is 0 Å². The number of benzene rings is 1. The molecule has 5 heteroatoms. The maximum Gasteiger partial charge on any atom is 0.267 e. The van der Waals surface area contributed by atoms with Gasteiger partial charge in [0, 0.05) is 5.56 Å². The van der Waals surface area contributed by atoms with Gasteiger partial charge in [0.05, 0.1) is 5.02 Å². The topological polar surface area (TPSA) is 51.2 Å². The molecule has 0 aromatic heterocycles. The fraction of sp³-hybridized carbons (Fsp3) is 0.167. The lowest BCUT2D eigenvalue weighted by atomic mass is 9.98. The molecule has 1 aromatic carbocycles.